The number of carbonyl (C=O) groups excluding carboxylic acids is 3. The molecule has 9 nitrogen and oxygen atoms in total. The molecule has 43 heavy (non-hydrogen) atoms. The van der Waals surface area contributed by atoms with Gasteiger partial charge in [-0.25, -0.2) is 4.79 Å². The fraction of sp³-hybridized carbons (Fsp3) is 0.471. The third-order valence-corrected chi connectivity index (χ3v) is 8.09. The molecule has 1 aliphatic rings. The maximum Gasteiger partial charge on any atom is 0.340 e. The van der Waals surface area contributed by atoms with Crippen molar-refractivity contribution in [3.05, 3.63) is 60.2 Å². The lowest BCUT2D eigenvalue weighted by Gasteiger charge is -2.32. The van der Waals surface area contributed by atoms with E-state index in [9.17, 15) is 14.4 Å². The number of nitrogens with zero attached hydrogens (tertiary/aromatic N) is 1. The first-order valence-electron chi connectivity index (χ1n) is 14.8. The van der Waals surface area contributed by atoms with Crippen molar-refractivity contribution in [2.75, 3.05) is 26.4 Å². The van der Waals surface area contributed by atoms with Crippen molar-refractivity contribution in [1.82, 2.24) is 0 Å². The number of esters is 2. The van der Waals surface area contributed by atoms with Crippen LogP contribution < -0.4 is 0 Å². The number of ether oxygens (including phenoxy) is 3. The highest BCUT2D eigenvalue weighted by Gasteiger charge is 2.43. The Morgan fingerprint density at radius 1 is 1.00 bits per heavy atom. The average molecular weight is 592 g/mol. The van der Waals surface area contributed by atoms with Gasteiger partial charge in [0, 0.05) is 18.6 Å². The molecule has 3 aromatic rings. The normalized spacial score (nSPS) is 17.0. The van der Waals surface area contributed by atoms with Crippen molar-refractivity contribution in [3.8, 4) is 0 Å². The van der Waals surface area contributed by atoms with E-state index in [1.165, 1.54) is 0 Å². The van der Waals surface area contributed by atoms with Gasteiger partial charge >= 0.3 is 17.9 Å². The van der Waals surface area contributed by atoms with Gasteiger partial charge in [-0.1, -0.05) is 60.6 Å². The molecule has 0 bridgehead atoms. The Kier molecular flexibility index (Phi) is 10.5. The molecule has 1 fully saturated rings. The van der Waals surface area contributed by atoms with Crippen LogP contribution in [0.15, 0.2) is 59.8 Å². The predicted molar refractivity (Wildman–Crippen MR) is 163 cm³/mol. The van der Waals surface area contributed by atoms with E-state index in [4.69, 9.17) is 24.2 Å². The standard InChI is InChI=1S/C34H41NO8/c1-5-34(4,32(39)42-22-26-21-41-26)19-25(30(37)40-16-10-15-36)18-33(2,3)31(38)43-35-20-29-27-13-8-6-11-23(27)17-24-12-7-9-14-28(24)29/h6-9,11-14,17,20,25-26,36H,5,10,15-16,18-19,21-22H2,1-4H3. The van der Waals surface area contributed by atoms with Crippen molar-refractivity contribution in [3.63, 3.8) is 0 Å². The van der Waals surface area contributed by atoms with E-state index >= 15 is 0 Å². The maximum atomic E-state index is 13.3. The molecule has 3 unspecified atom stereocenters. The Morgan fingerprint density at radius 3 is 2.21 bits per heavy atom. The molecule has 1 N–H and O–H groups in total. The van der Waals surface area contributed by atoms with Gasteiger partial charge in [0.1, 0.15) is 12.7 Å². The summed E-state index contributed by atoms with van der Waals surface area (Å²) in [6.07, 6.45) is 2.36. The summed E-state index contributed by atoms with van der Waals surface area (Å²) in [5.41, 5.74) is -1.29. The molecule has 0 spiro atoms. The van der Waals surface area contributed by atoms with Crippen LogP contribution in [-0.2, 0) is 33.4 Å². The SMILES string of the molecule is CCC(C)(CC(CC(C)(C)C(=O)ON=Cc1c2ccccc2cc2ccccc12)C(=O)OCCCO)C(=O)OCC1CO1. The number of aliphatic hydroxyl groups excluding tert-OH is 1. The Balaban J connectivity index is 1.51. The van der Waals surface area contributed by atoms with Gasteiger partial charge in [-0.3, -0.25) is 9.59 Å². The molecule has 0 amide bonds. The van der Waals surface area contributed by atoms with Gasteiger partial charge in [-0.15, -0.1) is 0 Å². The van der Waals surface area contributed by atoms with Gasteiger partial charge in [-0.05, 0) is 67.6 Å². The number of hydrogen-bond acceptors (Lipinski definition) is 9. The molecule has 0 aliphatic carbocycles. The first kappa shape index (κ1) is 32.1. The van der Waals surface area contributed by atoms with Crippen LogP contribution in [0.25, 0.3) is 21.5 Å². The van der Waals surface area contributed by atoms with E-state index in [1.54, 1.807) is 27.0 Å². The molecule has 1 aliphatic heterocycles. The second-order valence-electron chi connectivity index (χ2n) is 12.0. The summed E-state index contributed by atoms with van der Waals surface area (Å²) in [5.74, 6) is -2.39. The van der Waals surface area contributed by atoms with E-state index in [0.717, 1.165) is 27.1 Å². The largest absolute Gasteiger partial charge is 0.465 e. The minimum atomic E-state index is -1.14. The van der Waals surface area contributed by atoms with E-state index in [0.29, 0.717) is 13.0 Å². The Hall–Kier alpha value is -3.82. The third kappa shape index (κ3) is 8.18. The predicted octanol–water partition coefficient (Wildman–Crippen LogP) is 5.58. The van der Waals surface area contributed by atoms with E-state index < -0.39 is 34.7 Å². The first-order valence-corrected chi connectivity index (χ1v) is 14.8. The smallest absolute Gasteiger partial charge is 0.340 e. The lowest BCUT2D eigenvalue weighted by atomic mass is 9.73. The highest BCUT2D eigenvalue weighted by atomic mass is 16.7. The minimum Gasteiger partial charge on any atom is -0.465 e. The van der Waals surface area contributed by atoms with Crippen LogP contribution in [0.3, 0.4) is 0 Å². The van der Waals surface area contributed by atoms with Crippen molar-refractivity contribution >= 4 is 45.7 Å². The van der Waals surface area contributed by atoms with Gasteiger partial charge in [0.15, 0.2) is 0 Å². The molecular weight excluding hydrogens is 550 g/mol. The number of epoxide rings is 1. The van der Waals surface area contributed by atoms with Crippen LogP contribution in [0.2, 0.25) is 0 Å². The fourth-order valence-electron chi connectivity index (χ4n) is 5.15. The number of oxime groups is 1. The summed E-state index contributed by atoms with van der Waals surface area (Å²) >= 11 is 0. The zero-order chi connectivity index (χ0) is 31.0. The van der Waals surface area contributed by atoms with Gasteiger partial charge in [0.2, 0.25) is 0 Å². The van der Waals surface area contributed by atoms with Crippen LogP contribution in [-0.4, -0.2) is 61.8 Å². The molecule has 0 aromatic heterocycles. The zero-order valence-electron chi connectivity index (χ0n) is 25.3. The monoisotopic (exact) mass is 591 g/mol. The molecule has 1 saturated heterocycles. The van der Waals surface area contributed by atoms with Gasteiger partial charge in [0.25, 0.3) is 0 Å². The number of aliphatic hydroxyl groups is 1. The average Bonchev–Trinajstić information content (AvgIpc) is 3.83. The van der Waals surface area contributed by atoms with Crippen molar-refractivity contribution in [2.24, 2.45) is 21.9 Å². The van der Waals surface area contributed by atoms with Gasteiger partial charge in [0.05, 0.1) is 36.2 Å². The second-order valence-corrected chi connectivity index (χ2v) is 12.0. The Labute approximate surface area is 252 Å². The molecule has 9 heteroatoms. The summed E-state index contributed by atoms with van der Waals surface area (Å²) in [6, 6.07) is 18.0. The quantitative estimate of drug-likeness (QED) is 0.0462. The number of carbonyl (C=O) groups is 3. The van der Waals surface area contributed by atoms with Crippen molar-refractivity contribution in [1.29, 1.82) is 0 Å². The summed E-state index contributed by atoms with van der Waals surface area (Å²) in [6.45, 7) is 7.60. The maximum absolute atomic E-state index is 13.3. The Bertz CT molecular complexity index is 1420. The molecule has 4 rings (SSSR count). The molecule has 230 valence electrons. The first-order chi connectivity index (χ1) is 20.6. The van der Waals surface area contributed by atoms with Crippen LogP contribution >= 0.6 is 0 Å². The van der Waals surface area contributed by atoms with Crippen molar-refractivity contribution < 1.29 is 38.5 Å². The molecule has 3 atom stereocenters. The molecule has 3 aromatic carbocycles. The molecular formula is C34H41NO8. The van der Waals surface area contributed by atoms with E-state index in [1.807, 2.05) is 55.5 Å². The van der Waals surface area contributed by atoms with E-state index in [2.05, 4.69) is 11.2 Å². The summed E-state index contributed by atoms with van der Waals surface area (Å²) in [5, 5.41) is 17.2. The lowest BCUT2D eigenvalue weighted by molar-refractivity contribution is -0.162. The molecule has 0 saturated carbocycles. The number of hydrogen-bond donors (Lipinski definition) is 1. The summed E-state index contributed by atoms with van der Waals surface area (Å²) in [7, 11) is 0. The lowest BCUT2D eigenvalue weighted by Crippen LogP contribution is -2.38. The molecule has 1 heterocycles. The number of fused-ring (bicyclic) bond motifs is 2. The minimum absolute atomic E-state index is 0.0340. The Morgan fingerprint density at radius 2 is 1.63 bits per heavy atom. The third-order valence-electron chi connectivity index (χ3n) is 8.09. The number of rotatable bonds is 15. The topological polar surface area (TPSA) is 124 Å². The van der Waals surface area contributed by atoms with Crippen LogP contribution in [0.1, 0.15) is 58.9 Å². The highest BCUT2D eigenvalue weighted by molar-refractivity contribution is 6.13. The highest BCUT2D eigenvalue weighted by Crippen LogP contribution is 2.38. The van der Waals surface area contributed by atoms with Crippen LogP contribution in [0.5, 0.6) is 0 Å². The number of benzene rings is 3. The van der Waals surface area contributed by atoms with E-state index in [-0.39, 0.29) is 45.2 Å². The van der Waals surface area contributed by atoms with Gasteiger partial charge < -0.3 is 24.2 Å². The second kappa shape index (κ2) is 14.1. The zero-order valence-corrected chi connectivity index (χ0v) is 25.3. The van der Waals surface area contributed by atoms with Crippen LogP contribution in [0.4, 0.5) is 0 Å². The van der Waals surface area contributed by atoms with Gasteiger partial charge in [-0.2, -0.15) is 0 Å². The summed E-state index contributed by atoms with van der Waals surface area (Å²) in [4.78, 5) is 45.0. The van der Waals surface area contributed by atoms with Crippen molar-refractivity contribution in [2.45, 2.75) is 59.5 Å². The summed E-state index contributed by atoms with van der Waals surface area (Å²) < 4.78 is 16.0. The van der Waals surface area contributed by atoms with Crippen LogP contribution in [0, 0.1) is 16.7 Å². The molecule has 0 radical (unpaired) electrons. The fourth-order valence-corrected chi connectivity index (χ4v) is 5.15.